The van der Waals surface area contributed by atoms with E-state index in [1.165, 1.54) is 0 Å². The zero-order chi connectivity index (χ0) is 16.8. The van der Waals surface area contributed by atoms with E-state index in [0.29, 0.717) is 28.8 Å². The number of ether oxygens (including phenoxy) is 1. The van der Waals surface area contributed by atoms with Crippen LogP contribution in [0.3, 0.4) is 0 Å². The summed E-state index contributed by atoms with van der Waals surface area (Å²) in [6.45, 7) is 3.99. The highest BCUT2D eigenvalue weighted by Crippen LogP contribution is 2.36. The maximum Gasteiger partial charge on any atom is 0.210 e. The van der Waals surface area contributed by atoms with Crippen molar-refractivity contribution in [3.63, 3.8) is 0 Å². The van der Waals surface area contributed by atoms with Gasteiger partial charge in [-0.2, -0.15) is 0 Å². The number of nitrogens with one attached hydrogen (secondary N) is 1. The highest BCUT2D eigenvalue weighted by atomic mass is 16.5. The molecule has 0 saturated carbocycles. The number of hydrogen-bond donors (Lipinski definition) is 2. The van der Waals surface area contributed by atoms with Gasteiger partial charge in [-0.25, -0.2) is 0 Å². The Bertz CT molecular complexity index is 705. The summed E-state index contributed by atoms with van der Waals surface area (Å²) in [6, 6.07) is 6.85. The van der Waals surface area contributed by atoms with Crippen LogP contribution < -0.4 is 5.32 Å². The third-order valence-corrected chi connectivity index (χ3v) is 5.01. The Kier molecular flexibility index (Phi) is 3.86. The smallest absolute Gasteiger partial charge is 0.210 e. The summed E-state index contributed by atoms with van der Waals surface area (Å²) in [5.41, 5.74) is 1.01. The van der Waals surface area contributed by atoms with Crippen molar-refractivity contribution in [3.05, 3.63) is 46.7 Å². The Morgan fingerprint density at radius 1 is 1.17 bits per heavy atom. The molecule has 0 radical (unpaired) electrons. The van der Waals surface area contributed by atoms with Crippen LogP contribution in [0.4, 0.5) is 0 Å². The molecule has 0 bridgehead atoms. The molecule has 0 amide bonds. The zero-order valence-corrected chi connectivity index (χ0v) is 13.6. The lowest BCUT2D eigenvalue weighted by molar-refractivity contribution is -0.0715. The SMILES string of the molecule is COC(C)(C)[C@@H]1CC2=C(NC[C@H]1O)C(=O)c1ccccc1C2=O. The van der Waals surface area contributed by atoms with E-state index in [-0.39, 0.29) is 24.0 Å². The molecule has 1 aliphatic carbocycles. The second-order valence-electron chi connectivity index (χ2n) is 6.62. The van der Waals surface area contributed by atoms with Gasteiger partial charge in [0.15, 0.2) is 5.78 Å². The number of rotatable bonds is 2. The van der Waals surface area contributed by atoms with Gasteiger partial charge in [-0.3, -0.25) is 9.59 Å². The van der Waals surface area contributed by atoms with E-state index in [2.05, 4.69) is 5.32 Å². The number of benzene rings is 1. The normalized spacial score (nSPS) is 24.7. The number of allylic oxidation sites excluding steroid dienone is 2. The zero-order valence-electron chi connectivity index (χ0n) is 13.6. The summed E-state index contributed by atoms with van der Waals surface area (Å²) < 4.78 is 5.51. The maximum absolute atomic E-state index is 12.8. The fourth-order valence-corrected chi connectivity index (χ4v) is 3.37. The van der Waals surface area contributed by atoms with Crippen molar-refractivity contribution >= 4 is 11.6 Å². The van der Waals surface area contributed by atoms with Crippen LogP contribution in [0.15, 0.2) is 35.5 Å². The molecule has 2 atom stereocenters. The predicted molar refractivity (Wildman–Crippen MR) is 85.3 cm³/mol. The molecule has 122 valence electrons. The fraction of sp³-hybridized carbons (Fsp3) is 0.444. The first-order valence-corrected chi connectivity index (χ1v) is 7.75. The van der Waals surface area contributed by atoms with Crippen molar-refractivity contribution in [1.29, 1.82) is 0 Å². The van der Waals surface area contributed by atoms with Crippen LogP contribution in [-0.4, -0.2) is 42.0 Å². The molecule has 0 unspecified atom stereocenters. The lowest BCUT2D eigenvalue weighted by Gasteiger charge is -2.35. The van der Waals surface area contributed by atoms with E-state index >= 15 is 0 Å². The van der Waals surface area contributed by atoms with Crippen LogP contribution in [-0.2, 0) is 4.74 Å². The fourth-order valence-electron chi connectivity index (χ4n) is 3.37. The number of fused-ring (bicyclic) bond motifs is 1. The van der Waals surface area contributed by atoms with E-state index in [9.17, 15) is 14.7 Å². The number of carbonyl (C=O) groups is 2. The van der Waals surface area contributed by atoms with E-state index in [1.54, 1.807) is 31.4 Å². The number of ketones is 2. The van der Waals surface area contributed by atoms with Crippen LogP contribution in [0.25, 0.3) is 0 Å². The Hall–Kier alpha value is -1.98. The Morgan fingerprint density at radius 3 is 2.39 bits per heavy atom. The highest BCUT2D eigenvalue weighted by Gasteiger charge is 2.42. The Morgan fingerprint density at radius 2 is 1.78 bits per heavy atom. The van der Waals surface area contributed by atoms with Gasteiger partial charge < -0.3 is 15.2 Å². The molecule has 23 heavy (non-hydrogen) atoms. The van der Waals surface area contributed by atoms with Crippen LogP contribution in [0.5, 0.6) is 0 Å². The summed E-state index contributed by atoms with van der Waals surface area (Å²) >= 11 is 0. The van der Waals surface area contributed by atoms with Gasteiger partial charge in [-0.15, -0.1) is 0 Å². The molecule has 3 rings (SSSR count). The van der Waals surface area contributed by atoms with Crippen LogP contribution in [0.1, 0.15) is 41.0 Å². The Labute approximate surface area is 135 Å². The molecule has 1 aromatic carbocycles. The average molecular weight is 315 g/mol. The van der Waals surface area contributed by atoms with Crippen LogP contribution >= 0.6 is 0 Å². The lowest BCUT2D eigenvalue weighted by atomic mass is 9.78. The number of β-amino-alcohol motifs (C(OH)–C–C–N with tert-alkyl or cyclic N) is 1. The number of aliphatic hydroxyl groups is 1. The van der Waals surface area contributed by atoms with Gasteiger partial charge in [-0.1, -0.05) is 24.3 Å². The number of hydrogen-bond acceptors (Lipinski definition) is 5. The van der Waals surface area contributed by atoms with Crippen LogP contribution in [0, 0.1) is 5.92 Å². The molecule has 1 aliphatic heterocycles. The monoisotopic (exact) mass is 315 g/mol. The molecular formula is C18H21NO4. The van der Waals surface area contributed by atoms with Gasteiger partial charge in [0.25, 0.3) is 0 Å². The first kappa shape index (κ1) is 15.9. The van der Waals surface area contributed by atoms with E-state index in [1.807, 2.05) is 13.8 Å². The van der Waals surface area contributed by atoms with Gasteiger partial charge in [0.05, 0.1) is 17.4 Å². The van der Waals surface area contributed by atoms with E-state index < -0.39 is 11.7 Å². The topological polar surface area (TPSA) is 75.6 Å². The van der Waals surface area contributed by atoms with Crippen molar-refractivity contribution in [1.82, 2.24) is 5.32 Å². The van der Waals surface area contributed by atoms with Crippen molar-refractivity contribution in [2.45, 2.75) is 32.0 Å². The molecule has 0 saturated heterocycles. The molecule has 0 fully saturated rings. The largest absolute Gasteiger partial charge is 0.391 e. The number of Topliss-reactive ketones (excluding diaryl/α,β-unsaturated/α-hetero) is 2. The third-order valence-electron chi connectivity index (χ3n) is 5.01. The molecule has 1 heterocycles. The third kappa shape index (κ3) is 2.50. The van der Waals surface area contributed by atoms with Gasteiger partial charge in [0.1, 0.15) is 0 Å². The van der Waals surface area contributed by atoms with Gasteiger partial charge in [-0.05, 0) is 20.3 Å². The second-order valence-corrected chi connectivity index (χ2v) is 6.62. The van der Waals surface area contributed by atoms with Gasteiger partial charge >= 0.3 is 0 Å². The van der Waals surface area contributed by atoms with Crippen molar-refractivity contribution in [2.75, 3.05) is 13.7 Å². The van der Waals surface area contributed by atoms with Crippen molar-refractivity contribution in [3.8, 4) is 0 Å². The number of methoxy groups -OCH3 is 1. The average Bonchev–Trinajstić information content (AvgIpc) is 2.73. The van der Waals surface area contributed by atoms with Crippen LogP contribution in [0.2, 0.25) is 0 Å². The first-order chi connectivity index (χ1) is 10.9. The summed E-state index contributed by atoms with van der Waals surface area (Å²) in [5, 5.41) is 13.4. The van der Waals surface area contributed by atoms with Crippen molar-refractivity contribution < 1.29 is 19.4 Å². The summed E-state index contributed by atoms with van der Waals surface area (Å²) in [4.78, 5) is 25.5. The van der Waals surface area contributed by atoms with Gasteiger partial charge in [0, 0.05) is 36.3 Å². The molecule has 5 heteroatoms. The first-order valence-electron chi connectivity index (χ1n) is 7.75. The Balaban J connectivity index is 2.07. The number of aliphatic hydroxyl groups excluding tert-OH is 1. The quantitative estimate of drug-likeness (QED) is 0.869. The minimum atomic E-state index is -0.709. The molecule has 2 aliphatic rings. The molecular weight excluding hydrogens is 294 g/mol. The summed E-state index contributed by atoms with van der Waals surface area (Å²) in [6.07, 6.45) is -0.400. The summed E-state index contributed by atoms with van der Waals surface area (Å²) in [5.74, 6) is -0.610. The highest BCUT2D eigenvalue weighted by molar-refractivity contribution is 6.26. The van der Waals surface area contributed by atoms with Gasteiger partial charge in [0.2, 0.25) is 5.78 Å². The van der Waals surface area contributed by atoms with Crippen molar-refractivity contribution in [2.24, 2.45) is 5.92 Å². The maximum atomic E-state index is 12.8. The minimum Gasteiger partial charge on any atom is -0.391 e. The molecule has 5 nitrogen and oxygen atoms in total. The second kappa shape index (κ2) is 5.58. The lowest BCUT2D eigenvalue weighted by Crippen LogP contribution is -2.43. The molecule has 1 aromatic rings. The molecule has 0 spiro atoms. The number of carbonyl (C=O) groups excluding carboxylic acids is 2. The summed E-state index contributed by atoms with van der Waals surface area (Å²) in [7, 11) is 1.59. The van der Waals surface area contributed by atoms with E-state index in [4.69, 9.17) is 4.74 Å². The minimum absolute atomic E-state index is 0.145. The predicted octanol–water partition coefficient (Wildman–Crippen LogP) is 1.72. The molecule has 0 aromatic heterocycles. The standard InChI is InChI=1S/C18H21NO4/c1-18(2,23-3)13-8-12-15(19-9-14(13)20)17(22)11-7-5-4-6-10(11)16(12)21/h4-7,13-14,19-20H,8-9H2,1-3H3/t13-,14-/m1/s1. The van der Waals surface area contributed by atoms with E-state index in [0.717, 1.165) is 0 Å². The molecule has 2 N–H and O–H groups in total.